The topological polar surface area (TPSA) is 44.5 Å². The molecular formula is C16H23NO2. The predicted octanol–water partition coefficient (Wildman–Crippen LogP) is 2.33. The lowest BCUT2D eigenvalue weighted by molar-refractivity contribution is 0.0397. The quantitative estimate of drug-likeness (QED) is 0.577. The minimum Gasteiger partial charge on any atom is -0.379 e. The van der Waals surface area contributed by atoms with Crippen molar-refractivity contribution >= 4 is 0 Å². The molecule has 0 atom stereocenters. The maximum atomic E-state index is 5.54. The minimum atomic E-state index is 0.392. The van der Waals surface area contributed by atoms with Crippen LogP contribution >= 0.6 is 0 Å². The minimum absolute atomic E-state index is 0.392. The number of nitrogens with two attached hydrogens (primary N) is 1. The molecule has 19 heavy (non-hydrogen) atoms. The van der Waals surface area contributed by atoms with E-state index < -0.39 is 0 Å². The summed E-state index contributed by atoms with van der Waals surface area (Å²) in [6, 6.07) is 8.02. The van der Waals surface area contributed by atoms with E-state index in [-0.39, 0.29) is 0 Å². The molecule has 0 saturated heterocycles. The van der Waals surface area contributed by atoms with Crippen molar-refractivity contribution in [3.05, 3.63) is 35.4 Å². The Bertz CT molecular complexity index is 389. The number of benzene rings is 1. The second kappa shape index (κ2) is 10.6. The van der Waals surface area contributed by atoms with Crippen molar-refractivity contribution in [1.82, 2.24) is 0 Å². The fourth-order valence-corrected chi connectivity index (χ4v) is 1.49. The molecule has 0 unspecified atom stereocenters. The van der Waals surface area contributed by atoms with E-state index in [0.29, 0.717) is 26.4 Å². The zero-order chi connectivity index (χ0) is 13.8. The summed E-state index contributed by atoms with van der Waals surface area (Å²) >= 11 is 0. The van der Waals surface area contributed by atoms with Gasteiger partial charge in [0.2, 0.25) is 0 Å². The Morgan fingerprint density at radius 1 is 1.05 bits per heavy atom. The van der Waals surface area contributed by atoms with Crippen LogP contribution in [0, 0.1) is 11.8 Å². The molecule has 0 spiro atoms. The molecule has 0 heterocycles. The number of hydrogen-bond donors (Lipinski definition) is 1. The Morgan fingerprint density at radius 2 is 1.79 bits per heavy atom. The molecule has 0 aliphatic heterocycles. The fraction of sp³-hybridized carbons (Fsp3) is 0.500. The van der Waals surface area contributed by atoms with Crippen molar-refractivity contribution < 1.29 is 9.47 Å². The van der Waals surface area contributed by atoms with Crippen LogP contribution in [0.3, 0.4) is 0 Å². The highest BCUT2D eigenvalue weighted by Crippen LogP contribution is 2.04. The average molecular weight is 261 g/mol. The lowest BCUT2D eigenvalue weighted by atomic mass is 10.1. The van der Waals surface area contributed by atoms with Gasteiger partial charge in [-0.15, -0.1) is 0 Å². The number of hydrogen-bond acceptors (Lipinski definition) is 3. The van der Waals surface area contributed by atoms with Crippen LogP contribution in [0.15, 0.2) is 24.3 Å². The summed E-state index contributed by atoms with van der Waals surface area (Å²) in [6.07, 6.45) is 2.28. The summed E-state index contributed by atoms with van der Waals surface area (Å²) in [5.74, 6) is 5.82. The second-order valence-corrected chi connectivity index (χ2v) is 4.22. The van der Waals surface area contributed by atoms with Crippen LogP contribution in [0.25, 0.3) is 0 Å². The molecule has 104 valence electrons. The van der Waals surface area contributed by atoms with Crippen molar-refractivity contribution in [3.8, 4) is 11.8 Å². The Balaban J connectivity index is 2.16. The highest BCUT2D eigenvalue weighted by atomic mass is 16.5. The van der Waals surface area contributed by atoms with Gasteiger partial charge < -0.3 is 15.2 Å². The summed E-state index contributed by atoms with van der Waals surface area (Å²) in [4.78, 5) is 0. The molecule has 1 aromatic carbocycles. The summed E-state index contributed by atoms with van der Waals surface area (Å²) in [5.41, 5.74) is 7.45. The third-order valence-corrected chi connectivity index (χ3v) is 2.57. The van der Waals surface area contributed by atoms with Crippen molar-refractivity contribution in [2.45, 2.75) is 26.4 Å². The van der Waals surface area contributed by atoms with Gasteiger partial charge in [0.1, 0.15) is 0 Å². The van der Waals surface area contributed by atoms with E-state index >= 15 is 0 Å². The number of unbranched alkanes of at least 4 members (excludes halogenated alkanes) is 1. The smallest absolute Gasteiger partial charge is 0.0718 e. The summed E-state index contributed by atoms with van der Waals surface area (Å²) in [5, 5.41) is 0. The van der Waals surface area contributed by atoms with E-state index in [1.165, 1.54) is 6.42 Å². The molecule has 0 aliphatic rings. The maximum Gasteiger partial charge on any atom is 0.0718 e. The van der Waals surface area contributed by atoms with Crippen LogP contribution in [0.5, 0.6) is 0 Å². The van der Waals surface area contributed by atoms with E-state index in [4.69, 9.17) is 15.2 Å². The average Bonchev–Trinajstić information content (AvgIpc) is 2.45. The molecule has 3 nitrogen and oxygen atoms in total. The molecule has 1 aromatic rings. The van der Waals surface area contributed by atoms with Crippen molar-refractivity contribution in [3.63, 3.8) is 0 Å². The van der Waals surface area contributed by atoms with Crippen molar-refractivity contribution in [2.75, 3.05) is 26.4 Å². The van der Waals surface area contributed by atoms with E-state index in [1.807, 2.05) is 24.3 Å². The fourth-order valence-electron chi connectivity index (χ4n) is 1.49. The highest BCUT2D eigenvalue weighted by Gasteiger charge is 1.94. The standard InChI is InChI=1S/C16H23NO2/c1-2-3-11-18-12-13-19-14-16-8-6-15(7-9-16)5-4-10-17/h6-9H,2-3,10-14,17H2,1H3. The molecule has 0 aliphatic carbocycles. The summed E-state index contributed by atoms with van der Waals surface area (Å²) in [7, 11) is 0. The van der Waals surface area contributed by atoms with Crippen LogP contribution in [0.2, 0.25) is 0 Å². The summed E-state index contributed by atoms with van der Waals surface area (Å²) < 4.78 is 11.0. The van der Waals surface area contributed by atoms with Gasteiger partial charge in [-0.3, -0.25) is 0 Å². The highest BCUT2D eigenvalue weighted by molar-refractivity contribution is 5.36. The van der Waals surface area contributed by atoms with Gasteiger partial charge in [0.05, 0.1) is 26.4 Å². The van der Waals surface area contributed by atoms with Gasteiger partial charge >= 0.3 is 0 Å². The molecule has 1 rings (SSSR count). The van der Waals surface area contributed by atoms with Gasteiger partial charge in [0.25, 0.3) is 0 Å². The molecule has 2 N–H and O–H groups in total. The summed E-state index contributed by atoms with van der Waals surface area (Å²) in [6.45, 7) is 5.29. The second-order valence-electron chi connectivity index (χ2n) is 4.22. The first-order valence-electron chi connectivity index (χ1n) is 6.80. The molecular weight excluding hydrogens is 238 g/mol. The first-order valence-corrected chi connectivity index (χ1v) is 6.80. The van der Waals surface area contributed by atoms with Crippen LogP contribution in [-0.2, 0) is 16.1 Å². The van der Waals surface area contributed by atoms with Crippen molar-refractivity contribution in [1.29, 1.82) is 0 Å². The van der Waals surface area contributed by atoms with E-state index in [2.05, 4.69) is 18.8 Å². The third-order valence-electron chi connectivity index (χ3n) is 2.57. The zero-order valence-corrected chi connectivity index (χ0v) is 11.7. The van der Waals surface area contributed by atoms with E-state index in [9.17, 15) is 0 Å². The predicted molar refractivity (Wildman–Crippen MR) is 77.8 cm³/mol. The molecule has 0 radical (unpaired) electrons. The Kier molecular flexibility index (Phi) is 8.74. The Morgan fingerprint density at radius 3 is 2.47 bits per heavy atom. The molecule has 0 bridgehead atoms. The first-order chi connectivity index (χ1) is 9.36. The van der Waals surface area contributed by atoms with Crippen LogP contribution in [-0.4, -0.2) is 26.4 Å². The van der Waals surface area contributed by atoms with Crippen LogP contribution < -0.4 is 5.73 Å². The van der Waals surface area contributed by atoms with Gasteiger partial charge in [0.15, 0.2) is 0 Å². The largest absolute Gasteiger partial charge is 0.379 e. The van der Waals surface area contributed by atoms with E-state index in [1.54, 1.807) is 0 Å². The maximum absolute atomic E-state index is 5.54. The van der Waals surface area contributed by atoms with Crippen LogP contribution in [0.1, 0.15) is 30.9 Å². The van der Waals surface area contributed by atoms with Gasteiger partial charge in [0, 0.05) is 12.2 Å². The van der Waals surface area contributed by atoms with Crippen LogP contribution in [0.4, 0.5) is 0 Å². The Labute approximate surface area is 116 Å². The van der Waals surface area contributed by atoms with Gasteiger partial charge in [-0.25, -0.2) is 0 Å². The number of rotatable bonds is 8. The van der Waals surface area contributed by atoms with Crippen molar-refractivity contribution in [2.24, 2.45) is 5.73 Å². The van der Waals surface area contributed by atoms with Gasteiger partial charge in [-0.1, -0.05) is 37.3 Å². The molecule has 0 saturated carbocycles. The molecule has 0 fully saturated rings. The van der Waals surface area contributed by atoms with Gasteiger partial charge in [-0.2, -0.15) is 0 Å². The normalized spacial score (nSPS) is 10.0. The molecule has 0 aromatic heterocycles. The lowest BCUT2D eigenvalue weighted by Gasteiger charge is -2.05. The number of ether oxygens (including phenoxy) is 2. The SMILES string of the molecule is CCCCOCCOCc1ccc(C#CCN)cc1. The van der Waals surface area contributed by atoms with E-state index in [0.717, 1.165) is 24.2 Å². The monoisotopic (exact) mass is 261 g/mol. The molecule has 3 heteroatoms. The third kappa shape index (κ3) is 7.63. The lowest BCUT2D eigenvalue weighted by Crippen LogP contribution is -2.05. The van der Waals surface area contributed by atoms with Gasteiger partial charge in [-0.05, 0) is 24.1 Å². The Hall–Kier alpha value is -1.34. The first kappa shape index (κ1) is 15.7. The zero-order valence-electron chi connectivity index (χ0n) is 11.7. The molecule has 0 amide bonds.